The Morgan fingerprint density at radius 3 is 2.21 bits per heavy atom. The highest BCUT2D eigenvalue weighted by molar-refractivity contribution is 7.89. The Morgan fingerprint density at radius 1 is 0.794 bits per heavy atom. The average molecular weight is 476 g/mol. The fourth-order valence-corrected chi connectivity index (χ4v) is 4.17. The number of hydrazine groups is 1. The molecule has 0 atom stereocenters. The number of amides is 2. The maximum Gasteiger partial charge on any atom is 0.287 e. The van der Waals surface area contributed by atoms with Gasteiger partial charge in [-0.15, -0.1) is 0 Å². The zero-order valence-electron chi connectivity index (χ0n) is 17.9. The maximum atomic E-state index is 12.6. The van der Waals surface area contributed by atoms with E-state index in [0.717, 1.165) is 11.1 Å². The van der Waals surface area contributed by atoms with Gasteiger partial charge in [0.25, 0.3) is 11.8 Å². The third-order valence-corrected chi connectivity index (χ3v) is 6.30. The van der Waals surface area contributed by atoms with Crippen LogP contribution in [0.5, 0.6) is 0 Å². The van der Waals surface area contributed by atoms with Gasteiger partial charge in [-0.3, -0.25) is 25.5 Å². The van der Waals surface area contributed by atoms with Crippen LogP contribution < -0.4 is 15.6 Å². The molecule has 0 aliphatic heterocycles. The van der Waals surface area contributed by atoms with Gasteiger partial charge in [-0.1, -0.05) is 66.7 Å². The van der Waals surface area contributed by atoms with E-state index < -0.39 is 21.8 Å². The standard InChI is InChI=1S/C24H21N5O4S/c30-23(28-29-24(31)22-15-21(26-27-22)18-10-5-2-6-11-18)19-12-7-13-20(14-19)34(32,33)25-16-17-8-3-1-4-9-17/h1-15,25H,16H2,(H,26,27)(H,28,30)(H,29,31). The molecule has 0 spiro atoms. The van der Waals surface area contributed by atoms with Crippen LogP contribution in [0.15, 0.2) is 95.9 Å². The highest BCUT2D eigenvalue weighted by atomic mass is 32.2. The lowest BCUT2D eigenvalue weighted by Gasteiger charge is -2.09. The van der Waals surface area contributed by atoms with E-state index in [0.29, 0.717) is 5.69 Å². The SMILES string of the molecule is O=C(NNC(=O)c1cc(-c2ccccc2)n[nH]1)c1cccc(S(=O)(=O)NCc2ccccc2)c1. The van der Waals surface area contributed by atoms with Gasteiger partial charge in [0.05, 0.1) is 10.6 Å². The van der Waals surface area contributed by atoms with E-state index >= 15 is 0 Å². The van der Waals surface area contributed by atoms with Crippen molar-refractivity contribution in [2.24, 2.45) is 0 Å². The maximum absolute atomic E-state index is 12.6. The molecule has 0 fully saturated rings. The molecule has 172 valence electrons. The zero-order chi connectivity index (χ0) is 24.0. The smallest absolute Gasteiger partial charge is 0.272 e. The summed E-state index contributed by atoms with van der Waals surface area (Å²) in [4.78, 5) is 24.8. The molecule has 1 aromatic heterocycles. The second-order valence-corrected chi connectivity index (χ2v) is 9.05. The largest absolute Gasteiger partial charge is 0.287 e. The number of rotatable bonds is 7. The molecule has 10 heteroatoms. The molecule has 1 heterocycles. The number of hydrogen-bond acceptors (Lipinski definition) is 5. The van der Waals surface area contributed by atoms with Crippen molar-refractivity contribution in [3.8, 4) is 11.3 Å². The highest BCUT2D eigenvalue weighted by Gasteiger charge is 2.17. The predicted molar refractivity (Wildman–Crippen MR) is 126 cm³/mol. The number of aromatic amines is 1. The summed E-state index contributed by atoms with van der Waals surface area (Å²) in [7, 11) is -3.84. The molecule has 4 aromatic rings. The molecular formula is C24H21N5O4S. The Balaban J connectivity index is 1.38. The van der Waals surface area contributed by atoms with Crippen molar-refractivity contribution >= 4 is 21.8 Å². The first-order valence-electron chi connectivity index (χ1n) is 10.3. The van der Waals surface area contributed by atoms with Gasteiger partial charge in [0.15, 0.2) is 0 Å². The number of nitrogens with zero attached hydrogens (tertiary/aromatic N) is 1. The number of benzene rings is 3. The highest BCUT2D eigenvalue weighted by Crippen LogP contribution is 2.17. The average Bonchev–Trinajstić information content (AvgIpc) is 3.38. The number of sulfonamides is 1. The van der Waals surface area contributed by atoms with Crippen molar-refractivity contribution < 1.29 is 18.0 Å². The second kappa shape index (κ2) is 10.1. The van der Waals surface area contributed by atoms with Crippen LogP contribution in [0.3, 0.4) is 0 Å². The van der Waals surface area contributed by atoms with Crippen LogP contribution in [0.25, 0.3) is 11.3 Å². The second-order valence-electron chi connectivity index (χ2n) is 7.28. The molecule has 0 unspecified atom stereocenters. The van der Waals surface area contributed by atoms with Crippen molar-refractivity contribution in [1.82, 2.24) is 25.8 Å². The molecule has 0 saturated carbocycles. The van der Waals surface area contributed by atoms with Crippen LogP contribution in [-0.4, -0.2) is 30.4 Å². The zero-order valence-corrected chi connectivity index (χ0v) is 18.7. The van der Waals surface area contributed by atoms with Crippen molar-refractivity contribution in [1.29, 1.82) is 0 Å². The first kappa shape index (κ1) is 22.9. The lowest BCUT2D eigenvalue weighted by atomic mass is 10.1. The van der Waals surface area contributed by atoms with E-state index in [2.05, 4.69) is 25.8 Å². The summed E-state index contributed by atoms with van der Waals surface area (Å²) < 4.78 is 27.8. The Bertz CT molecular complexity index is 1400. The fraction of sp³-hybridized carbons (Fsp3) is 0.0417. The lowest BCUT2D eigenvalue weighted by molar-refractivity contribution is 0.0844. The third kappa shape index (κ3) is 5.55. The molecule has 0 aliphatic rings. The molecule has 0 radical (unpaired) electrons. The van der Waals surface area contributed by atoms with Crippen LogP contribution in [0, 0.1) is 0 Å². The monoisotopic (exact) mass is 475 g/mol. The van der Waals surface area contributed by atoms with E-state index in [1.807, 2.05) is 48.5 Å². The van der Waals surface area contributed by atoms with Crippen molar-refractivity contribution in [2.75, 3.05) is 0 Å². The molecule has 3 aromatic carbocycles. The van der Waals surface area contributed by atoms with E-state index in [1.54, 1.807) is 18.2 Å². The topological polar surface area (TPSA) is 133 Å². The first-order chi connectivity index (χ1) is 16.4. The third-order valence-electron chi connectivity index (χ3n) is 4.90. The minimum absolute atomic E-state index is 0.0662. The number of hydrogen-bond donors (Lipinski definition) is 4. The molecule has 4 N–H and O–H groups in total. The molecular weight excluding hydrogens is 454 g/mol. The predicted octanol–water partition coefficient (Wildman–Crippen LogP) is 2.63. The fourth-order valence-electron chi connectivity index (χ4n) is 3.11. The van der Waals surface area contributed by atoms with Gasteiger partial charge in [-0.2, -0.15) is 5.10 Å². The Kier molecular flexibility index (Phi) is 6.81. The number of aromatic nitrogens is 2. The van der Waals surface area contributed by atoms with Gasteiger partial charge in [-0.25, -0.2) is 13.1 Å². The van der Waals surface area contributed by atoms with Gasteiger partial charge in [0.1, 0.15) is 5.69 Å². The lowest BCUT2D eigenvalue weighted by Crippen LogP contribution is -2.41. The van der Waals surface area contributed by atoms with E-state index in [-0.39, 0.29) is 22.7 Å². The molecule has 4 rings (SSSR count). The summed E-state index contributed by atoms with van der Waals surface area (Å²) in [6, 6.07) is 25.5. The summed E-state index contributed by atoms with van der Waals surface area (Å²) >= 11 is 0. The quantitative estimate of drug-likeness (QED) is 0.305. The number of H-pyrrole nitrogens is 1. The summed E-state index contributed by atoms with van der Waals surface area (Å²) in [6.07, 6.45) is 0. The van der Waals surface area contributed by atoms with E-state index in [1.165, 1.54) is 24.3 Å². The van der Waals surface area contributed by atoms with Crippen LogP contribution in [0.1, 0.15) is 26.4 Å². The first-order valence-corrected chi connectivity index (χ1v) is 11.8. The summed E-state index contributed by atoms with van der Waals surface area (Å²) in [6.45, 7) is 0.116. The van der Waals surface area contributed by atoms with Crippen LogP contribution >= 0.6 is 0 Å². The van der Waals surface area contributed by atoms with Crippen LogP contribution in [-0.2, 0) is 16.6 Å². The molecule has 2 amide bonds. The van der Waals surface area contributed by atoms with Gasteiger partial charge in [-0.05, 0) is 29.8 Å². The van der Waals surface area contributed by atoms with Crippen molar-refractivity contribution in [3.63, 3.8) is 0 Å². The summed E-state index contributed by atoms with van der Waals surface area (Å²) in [5, 5.41) is 6.72. The number of carbonyl (C=O) groups is 2. The van der Waals surface area contributed by atoms with E-state index in [9.17, 15) is 18.0 Å². The molecule has 0 bridgehead atoms. The van der Waals surface area contributed by atoms with Crippen molar-refractivity contribution in [2.45, 2.75) is 11.4 Å². The molecule has 0 aliphatic carbocycles. The molecule has 0 saturated heterocycles. The van der Waals surface area contributed by atoms with E-state index in [4.69, 9.17) is 0 Å². The van der Waals surface area contributed by atoms with Gasteiger partial charge in [0, 0.05) is 17.7 Å². The molecule has 34 heavy (non-hydrogen) atoms. The Morgan fingerprint density at radius 2 is 1.47 bits per heavy atom. The molecule has 9 nitrogen and oxygen atoms in total. The van der Waals surface area contributed by atoms with Crippen LogP contribution in [0.2, 0.25) is 0 Å². The van der Waals surface area contributed by atoms with Gasteiger partial charge in [0.2, 0.25) is 10.0 Å². The Labute approximate surface area is 196 Å². The van der Waals surface area contributed by atoms with Gasteiger partial charge >= 0.3 is 0 Å². The summed E-state index contributed by atoms with van der Waals surface area (Å²) in [5.41, 5.74) is 7.01. The Hall–Kier alpha value is -4.28. The number of carbonyl (C=O) groups excluding carboxylic acids is 2. The van der Waals surface area contributed by atoms with Crippen LogP contribution in [0.4, 0.5) is 0 Å². The van der Waals surface area contributed by atoms with Crippen molar-refractivity contribution in [3.05, 3.63) is 108 Å². The minimum atomic E-state index is -3.84. The van der Waals surface area contributed by atoms with Gasteiger partial charge < -0.3 is 0 Å². The minimum Gasteiger partial charge on any atom is -0.272 e. The normalized spacial score (nSPS) is 11.1. The number of nitrogens with one attached hydrogen (secondary N) is 4. The summed E-state index contributed by atoms with van der Waals surface area (Å²) in [5.74, 6) is -1.27.